The molecule has 5 heteroatoms. The van der Waals surface area contributed by atoms with Gasteiger partial charge in [0.2, 0.25) is 0 Å². The quantitative estimate of drug-likeness (QED) is 0.845. The summed E-state index contributed by atoms with van der Waals surface area (Å²) in [6.07, 6.45) is 0. The van der Waals surface area contributed by atoms with Crippen LogP contribution < -0.4 is 10.5 Å². The van der Waals surface area contributed by atoms with E-state index in [1.807, 2.05) is 6.07 Å². The van der Waals surface area contributed by atoms with E-state index in [9.17, 15) is 9.90 Å². The van der Waals surface area contributed by atoms with Gasteiger partial charge in [-0.2, -0.15) is 0 Å². The number of rotatable bonds is 4. The largest absolute Gasteiger partial charge is 0.508 e. The molecule has 1 amide bonds. The Morgan fingerprint density at radius 3 is 2.67 bits per heavy atom. The van der Waals surface area contributed by atoms with Crippen LogP contribution in [0.3, 0.4) is 0 Å². The summed E-state index contributed by atoms with van der Waals surface area (Å²) in [5, 5.41) is 9.77. The zero-order valence-electron chi connectivity index (χ0n) is 12.0. The zero-order chi connectivity index (χ0) is 15.4. The smallest absolute Gasteiger partial charge is 0.257 e. The fraction of sp³-hybridized carbons (Fsp3) is 0.188. The van der Waals surface area contributed by atoms with Crippen molar-refractivity contribution in [2.75, 3.05) is 19.9 Å². The number of anilines is 1. The highest BCUT2D eigenvalue weighted by atomic mass is 16.5. The molecule has 2 aromatic rings. The number of methoxy groups -OCH3 is 1. The number of para-hydroxylation sites is 1. The number of hydrogen-bond acceptors (Lipinski definition) is 4. The van der Waals surface area contributed by atoms with Crippen LogP contribution in [0.1, 0.15) is 15.9 Å². The molecule has 0 radical (unpaired) electrons. The maximum Gasteiger partial charge on any atom is 0.257 e. The molecule has 3 N–H and O–H groups in total. The van der Waals surface area contributed by atoms with Crippen LogP contribution in [-0.2, 0) is 6.54 Å². The van der Waals surface area contributed by atoms with Gasteiger partial charge >= 0.3 is 0 Å². The van der Waals surface area contributed by atoms with Crippen LogP contribution in [0.15, 0.2) is 42.5 Å². The van der Waals surface area contributed by atoms with Crippen LogP contribution in [-0.4, -0.2) is 30.1 Å². The number of hydrogen-bond donors (Lipinski definition) is 2. The highest BCUT2D eigenvalue weighted by molar-refractivity contribution is 5.97. The summed E-state index contributed by atoms with van der Waals surface area (Å²) in [6.45, 7) is 0.305. The summed E-state index contributed by atoms with van der Waals surface area (Å²) in [5.74, 6) is 0.403. The first-order valence-corrected chi connectivity index (χ1v) is 6.48. The van der Waals surface area contributed by atoms with Gasteiger partial charge in [-0.05, 0) is 18.2 Å². The Bertz CT molecular complexity index is 656. The van der Waals surface area contributed by atoms with Crippen molar-refractivity contribution < 1.29 is 14.6 Å². The molecule has 0 fully saturated rings. The van der Waals surface area contributed by atoms with E-state index in [-0.39, 0.29) is 11.7 Å². The molecule has 0 atom stereocenters. The van der Waals surface area contributed by atoms with Crippen LogP contribution in [0, 0.1) is 0 Å². The summed E-state index contributed by atoms with van der Waals surface area (Å²) in [5.41, 5.74) is 7.34. The van der Waals surface area contributed by atoms with Gasteiger partial charge in [0.25, 0.3) is 5.91 Å². The van der Waals surface area contributed by atoms with Crippen molar-refractivity contribution in [3.63, 3.8) is 0 Å². The molecule has 0 aliphatic rings. The second-order valence-electron chi connectivity index (χ2n) is 4.75. The van der Waals surface area contributed by atoms with Gasteiger partial charge in [-0.3, -0.25) is 4.79 Å². The Balaban J connectivity index is 2.22. The van der Waals surface area contributed by atoms with Crippen LogP contribution in [0.4, 0.5) is 5.69 Å². The monoisotopic (exact) mass is 286 g/mol. The Hall–Kier alpha value is -2.69. The number of nitrogens with two attached hydrogens (primary N) is 1. The van der Waals surface area contributed by atoms with Crippen molar-refractivity contribution in [2.24, 2.45) is 0 Å². The molecule has 0 heterocycles. The minimum absolute atomic E-state index is 0.168. The molecular formula is C16H18N2O3. The topological polar surface area (TPSA) is 75.8 Å². The third-order valence-corrected chi connectivity index (χ3v) is 3.20. The molecule has 21 heavy (non-hydrogen) atoms. The molecule has 0 unspecified atom stereocenters. The number of nitrogens with zero attached hydrogens (tertiary/aromatic N) is 1. The van der Waals surface area contributed by atoms with Crippen molar-refractivity contribution in [1.82, 2.24) is 4.90 Å². The molecule has 0 saturated carbocycles. The second-order valence-corrected chi connectivity index (χ2v) is 4.75. The number of ether oxygens (including phenoxy) is 1. The molecular weight excluding hydrogens is 268 g/mol. The van der Waals surface area contributed by atoms with E-state index < -0.39 is 0 Å². The third kappa shape index (κ3) is 3.25. The van der Waals surface area contributed by atoms with Crippen LogP contribution in [0.2, 0.25) is 0 Å². The molecule has 5 nitrogen and oxygen atoms in total. The van der Waals surface area contributed by atoms with Gasteiger partial charge < -0.3 is 20.5 Å². The van der Waals surface area contributed by atoms with Gasteiger partial charge in [0.1, 0.15) is 11.5 Å². The molecule has 110 valence electrons. The minimum Gasteiger partial charge on any atom is -0.508 e. The average Bonchev–Trinajstić information content (AvgIpc) is 2.48. The number of carbonyl (C=O) groups excluding carboxylic acids is 1. The minimum atomic E-state index is -0.199. The predicted molar refractivity (Wildman–Crippen MR) is 81.3 cm³/mol. The van der Waals surface area contributed by atoms with Crippen molar-refractivity contribution in [3.8, 4) is 11.5 Å². The van der Waals surface area contributed by atoms with Crippen molar-refractivity contribution in [2.45, 2.75) is 6.54 Å². The fourth-order valence-corrected chi connectivity index (χ4v) is 2.06. The Labute approximate surface area is 123 Å². The summed E-state index contributed by atoms with van der Waals surface area (Å²) in [4.78, 5) is 14.0. The SMILES string of the molecule is COc1cc(N)ccc1C(=O)N(C)Cc1ccccc1O. The van der Waals surface area contributed by atoms with Crippen molar-refractivity contribution in [1.29, 1.82) is 0 Å². The first kappa shape index (κ1) is 14.7. The van der Waals surface area contributed by atoms with E-state index in [1.165, 1.54) is 12.0 Å². The van der Waals surface area contributed by atoms with Gasteiger partial charge in [-0.1, -0.05) is 18.2 Å². The van der Waals surface area contributed by atoms with Gasteiger partial charge in [0.15, 0.2) is 0 Å². The van der Waals surface area contributed by atoms with Gasteiger partial charge in [-0.15, -0.1) is 0 Å². The van der Waals surface area contributed by atoms with Crippen LogP contribution in [0.25, 0.3) is 0 Å². The van der Waals surface area contributed by atoms with E-state index >= 15 is 0 Å². The third-order valence-electron chi connectivity index (χ3n) is 3.20. The molecule has 2 aromatic carbocycles. The zero-order valence-corrected chi connectivity index (χ0v) is 12.0. The average molecular weight is 286 g/mol. The lowest BCUT2D eigenvalue weighted by atomic mass is 10.1. The number of carbonyl (C=O) groups is 1. The van der Waals surface area contributed by atoms with E-state index in [0.717, 1.165) is 0 Å². The normalized spacial score (nSPS) is 10.2. The van der Waals surface area contributed by atoms with E-state index in [4.69, 9.17) is 10.5 Å². The summed E-state index contributed by atoms with van der Waals surface area (Å²) in [7, 11) is 3.17. The Morgan fingerprint density at radius 1 is 1.29 bits per heavy atom. The number of amides is 1. The highest BCUT2D eigenvalue weighted by Crippen LogP contribution is 2.24. The first-order valence-electron chi connectivity index (χ1n) is 6.48. The van der Waals surface area contributed by atoms with Crippen molar-refractivity contribution in [3.05, 3.63) is 53.6 Å². The standard InChI is InChI=1S/C16H18N2O3/c1-18(10-11-5-3-4-6-14(11)19)16(20)13-8-7-12(17)9-15(13)21-2/h3-9,19H,10,17H2,1-2H3. The van der Waals surface area contributed by atoms with Crippen molar-refractivity contribution >= 4 is 11.6 Å². The van der Waals surface area contributed by atoms with E-state index in [1.54, 1.807) is 43.4 Å². The molecule has 0 aromatic heterocycles. The van der Waals surface area contributed by atoms with Crippen LogP contribution in [0.5, 0.6) is 11.5 Å². The fourth-order valence-electron chi connectivity index (χ4n) is 2.06. The van der Waals surface area contributed by atoms with E-state index in [2.05, 4.69) is 0 Å². The summed E-state index contributed by atoms with van der Waals surface area (Å²) in [6, 6.07) is 11.8. The molecule has 0 saturated heterocycles. The summed E-state index contributed by atoms with van der Waals surface area (Å²) < 4.78 is 5.19. The molecule has 0 spiro atoms. The Morgan fingerprint density at radius 2 is 2.00 bits per heavy atom. The Kier molecular flexibility index (Phi) is 4.33. The second kappa shape index (κ2) is 6.17. The maximum atomic E-state index is 12.5. The lowest BCUT2D eigenvalue weighted by Crippen LogP contribution is -2.26. The summed E-state index contributed by atoms with van der Waals surface area (Å²) >= 11 is 0. The highest BCUT2D eigenvalue weighted by Gasteiger charge is 2.17. The first-order chi connectivity index (χ1) is 10.0. The number of benzene rings is 2. The number of nitrogen functional groups attached to an aromatic ring is 1. The molecule has 0 aliphatic carbocycles. The van der Waals surface area contributed by atoms with E-state index in [0.29, 0.717) is 29.1 Å². The molecule has 0 bridgehead atoms. The lowest BCUT2D eigenvalue weighted by molar-refractivity contribution is 0.0781. The van der Waals surface area contributed by atoms with Gasteiger partial charge in [-0.25, -0.2) is 0 Å². The van der Waals surface area contributed by atoms with Crippen LogP contribution >= 0.6 is 0 Å². The number of aromatic hydroxyl groups is 1. The predicted octanol–water partition coefficient (Wildman–Crippen LogP) is 2.26. The molecule has 0 aliphatic heterocycles. The van der Waals surface area contributed by atoms with Gasteiger partial charge in [0, 0.05) is 30.9 Å². The van der Waals surface area contributed by atoms with Gasteiger partial charge in [0.05, 0.1) is 12.7 Å². The number of phenols is 1. The lowest BCUT2D eigenvalue weighted by Gasteiger charge is -2.19. The maximum absolute atomic E-state index is 12.5. The molecule has 2 rings (SSSR count). The number of phenolic OH excluding ortho intramolecular Hbond substituents is 1.